The second-order valence-corrected chi connectivity index (χ2v) is 7.61. The first-order valence-corrected chi connectivity index (χ1v) is 10.5. The Kier molecular flexibility index (Phi) is 8.40. The summed E-state index contributed by atoms with van der Waals surface area (Å²) in [5.41, 5.74) is 0.936. The van der Waals surface area contributed by atoms with E-state index in [0.717, 1.165) is 5.56 Å². The first-order valence-electron chi connectivity index (χ1n) is 10.1. The fourth-order valence-corrected chi connectivity index (χ4v) is 2.74. The molecule has 0 saturated carbocycles. The molecule has 3 aromatic rings. The van der Waals surface area contributed by atoms with Crippen molar-refractivity contribution in [2.75, 3.05) is 0 Å². The molecule has 0 aliphatic heterocycles. The van der Waals surface area contributed by atoms with Crippen LogP contribution in [0, 0.1) is 6.92 Å². The molecule has 0 unspecified atom stereocenters. The number of carbonyl (C=O) groups excluding carboxylic acids is 2. The molecule has 0 N–H and O–H groups in total. The van der Waals surface area contributed by atoms with Crippen LogP contribution in [0.2, 0.25) is 5.02 Å². The number of rotatable bonds is 6. The van der Waals surface area contributed by atoms with Gasteiger partial charge >= 0.3 is 5.97 Å². The summed E-state index contributed by atoms with van der Waals surface area (Å²) in [6, 6.07) is 20.6. The van der Waals surface area contributed by atoms with Crippen LogP contribution >= 0.6 is 11.6 Å². The van der Waals surface area contributed by atoms with Crippen LogP contribution in [-0.2, 0) is 4.79 Å². The maximum absolute atomic E-state index is 12.5. The quantitative estimate of drug-likeness (QED) is 0.245. The van der Waals surface area contributed by atoms with Crippen LogP contribution < -0.4 is 9.47 Å². The third kappa shape index (κ3) is 6.69. The molecule has 0 aromatic heterocycles. The number of esters is 1. The number of halogens is 1. The highest BCUT2D eigenvalue weighted by Gasteiger charge is 2.32. The summed E-state index contributed by atoms with van der Waals surface area (Å²) in [5.74, 6) is 0.290. The zero-order valence-corrected chi connectivity index (χ0v) is 19.2. The summed E-state index contributed by atoms with van der Waals surface area (Å²) >= 11 is 5.86. The van der Waals surface area contributed by atoms with Crippen molar-refractivity contribution in [2.24, 2.45) is 0 Å². The van der Waals surface area contributed by atoms with E-state index in [0.29, 0.717) is 27.6 Å². The van der Waals surface area contributed by atoms with Gasteiger partial charge in [-0.3, -0.25) is 4.79 Å². The van der Waals surface area contributed by atoms with Crippen LogP contribution in [0.15, 0.2) is 72.8 Å². The Morgan fingerprint density at radius 1 is 0.742 bits per heavy atom. The van der Waals surface area contributed by atoms with Crippen LogP contribution in [0.4, 0.5) is 0 Å². The molecule has 0 spiro atoms. The lowest BCUT2D eigenvalue weighted by atomic mass is 10.0. The molecule has 0 saturated heterocycles. The van der Waals surface area contributed by atoms with Crippen LogP contribution in [0.3, 0.4) is 0 Å². The van der Waals surface area contributed by atoms with Gasteiger partial charge in [0.2, 0.25) is 5.60 Å². The maximum atomic E-state index is 12.5. The minimum absolute atomic E-state index is 0.119. The van der Waals surface area contributed by atoms with Gasteiger partial charge in [-0.15, -0.1) is 0 Å². The average molecular weight is 439 g/mol. The molecular formula is C26H27ClO4. The lowest BCUT2D eigenvalue weighted by Gasteiger charge is -2.24. The standard InChI is InChI=1S/C24H21ClO4.C2H6/c1-16-4-12-20(13-5-16)28-23(27)24(2,3)29-21-14-8-18(9-15-21)22(26)17-6-10-19(25)11-7-17;1-2/h4-15H,1-3H3;1-2H3. The van der Waals surface area contributed by atoms with E-state index < -0.39 is 11.6 Å². The molecule has 0 fully saturated rings. The molecule has 0 radical (unpaired) electrons. The number of ether oxygens (including phenoxy) is 2. The normalized spacial score (nSPS) is 10.5. The van der Waals surface area contributed by atoms with Gasteiger partial charge in [-0.1, -0.05) is 43.1 Å². The zero-order valence-electron chi connectivity index (χ0n) is 18.4. The predicted octanol–water partition coefficient (Wildman–Crippen LogP) is 6.67. The number of hydrogen-bond donors (Lipinski definition) is 0. The third-order valence-electron chi connectivity index (χ3n) is 4.32. The van der Waals surface area contributed by atoms with E-state index in [1.54, 1.807) is 74.5 Å². The zero-order chi connectivity index (χ0) is 23.0. The van der Waals surface area contributed by atoms with E-state index in [2.05, 4.69) is 0 Å². The van der Waals surface area contributed by atoms with E-state index >= 15 is 0 Å². The molecule has 0 aliphatic rings. The lowest BCUT2D eigenvalue weighted by molar-refractivity contribution is -0.149. The number of benzene rings is 3. The van der Waals surface area contributed by atoms with Gasteiger partial charge in [-0.2, -0.15) is 0 Å². The number of carbonyl (C=O) groups is 2. The second kappa shape index (κ2) is 10.8. The largest absolute Gasteiger partial charge is 0.476 e. The highest BCUT2D eigenvalue weighted by molar-refractivity contribution is 6.30. The van der Waals surface area contributed by atoms with Crippen molar-refractivity contribution in [1.82, 2.24) is 0 Å². The Hall–Kier alpha value is -3.11. The third-order valence-corrected chi connectivity index (χ3v) is 4.57. The molecule has 0 bridgehead atoms. The smallest absolute Gasteiger partial charge is 0.355 e. The summed E-state index contributed by atoms with van der Waals surface area (Å²) in [6.07, 6.45) is 0. The molecule has 31 heavy (non-hydrogen) atoms. The van der Waals surface area contributed by atoms with Crippen molar-refractivity contribution in [1.29, 1.82) is 0 Å². The second-order valence-electron chi connectivity index (χ2n) is 7.18. The molecule has 0 aliphatic carbocycles. The number of aryl methyl sites for hydroxylation is 1. The molecule has 3 aromatic carbocycles. The van der Waals surface area contributed by atoms with Gasteiger partial charge in [0.05, 0.1) is 0 Å². The van der Waals surface area contributed by atoms with Crippen LogP contribution in [0.1, 0.15) is 49.2 Å². The Morgan fingerprint density at radius 3 is 1.71 bits per heavy atom. The summed E-state index contributed by atoms with van der Waals surface area (Å²) in [4.78, 5) is 25.0. The highest BCUT2D eigenvalue weighted by atomic mass is 35.5. The summed E-state index contributed by atoms with van der Waals surface area (Å²) in [5, 5.41) is 0.574. The molecule has 0 atom stereocenters. The van der Waals surface area contributed by atoms with E-state index in [4.69, 9.17) is 21.1 Å². The Morgan fingerprint density at radius 2 is 1.19 bits per heavy atom. The molecule has 5 heteroatoms. The van der Waals surface area contributed by atoms with E-state index in [1.165, 1.54) is 0 Å². The van der Waals surface area contributed by atoms with Crippen molar-refractivity contribution in [2.45, 2.75) is 40.2 Å². The fourth-order valence-electron chi connectivity index (χ4n) is 2.61. The lowest BCUT2D eigenvalue weighted by Crippen LogP contribution is -2.41. The number of hydrogen-bond acceptors (Lipinski definition) is 4. The Bertz CT molecular complexity index is 1000. The Balaban J connectivity index is 0.00000166. The molecule has 3 rings (SSSR count). The van der Waals surface area contributed by atoms with E-state index in [-0.39, 0.29) is 5.78 Å². The molecule has 0 amide bonds. The van der Waals surface area contributed by atoms with Crippen molar-refractivity contribution in [3.05, 3.63) is 94.5 Å². The Labute approximate surface area is 188 Å². The van der Waals surface area contributed by atoms with Crippen molar-refractivity contribution >= 4 is 23.4 Å². The molecule has 4 nitrogen and oxygen atoms in total. The van der Waals surface area contributed by atoms with Crippen LogP contribution in [0.25, 0.3) is 0 Å². The summed E-state index contributed by atoms with van der Waals surface area (Å²) in [7, 11) is 0. The number of ketones is 1. The average Bonchev–Trinajstić information content (AvgIpc) is 2.77. The van der Waals surface area contributed by atoms with Gasteiger partial charge in [-0.05, 0) is 81.4 Å². The maximum Gasteiger partial charge on any atom is 0.355 e. The van der Waals surface area contributed by atoms with E-state index in [9.17, 15) is 9.59 Å². The van der Waals surface area contributed by atoms with Crippen LogP contribution in [0.5, 0.6) is 11.5 Å². The van der Waals surface area contributed by atoms with Crippen LogP contribution in [-0.4, -0.2) is 17.4 Å². The molecular weight excluding hydrogens is 412 g/mol. The van der Waals surface area contributed by atoms with E-state index in [1.807, 2.05) is 32.9 Å². The monoisotopic (exact) mass is 438 g/mol. The van der Waals surface area contributed by atoms with Gasteiger partial charge in [0.1, 0.15) is 11.5 Å². The predicted molar refractivity (Wildman–Crippen MR) is 124 cm³/mol. The van der Waals surface area contributed by atoms with Crippen molar-refractivity contribution in [3.8, 4) is 11.5 Å². The van der Waals surface area contributed by atoms with Gasteiger partial charge in [0.25, 0.3) is 0 Å². The first-order chi connectivity index (χ1) is 14.7. The van der Waals surface area contributed by atoms with Gasteiger partial charge in [-0.25, -0.2) is 4.79 Å². The first kappa shape index (κ1) is 24.2. The minimum Gasteiger partial charge on any atom is -0.476 e. The summed E-state index contributed by atoms with van der Waals surface area (Å²) in [6.45, 7) is 9.23. The topological polar surface area (TPSA) is 52.6 Å². The van der Waals surface area contributed by atoms with Gasteiger partial charge in [0.15, 0.2) is 5.78 Å². The highest BCUT2D eigenvalue weighted by Crippen LogP contribution is 2.23. The molecule has 162 valence electrons. The fraction of sp³-hybridized carbons (Fsp3) is 0.231. The molecule has 0 heterocycles. The van der Waals surface area contributed by atoms with Crippen molar-refractivity contribution < 1.29 is 19.1 Å². The van der Waals surface area contributed by atoms with Gasteiger partial charge < -0.3 is 9.47 Å². The van der Waals surface area contributed by atoms with Gasteiger partial charge in [0, 0.05) is 16.1 Å². The summed E-state index contributed by atoms with van der Waals surface area (Å²) < 4.78 is 11.2. The SMILES string of the molecule is CC.Cc1ccc(OC(=O)C(C)(C)Oc2ccc(C(=O)c3ccc(Cl)cc3)cc2)cc1. The van der Waals surface area contributed by atoms with Crippen molar-refractivity contribution in [3.63, 3.8) is 0 Å². The minimum atomic E-state index is -1.20.